The maximum Gasteiger partial charge on any atom is 0.176 e. The Labute approximate surface area is 98.2 Å². The summed E-state index contributed by atoms with van der Waals surface area (Å²) in [6.07, 6.45) is 0.935. The zero-order chi connectivity index (χ0) is 11.9. The first-order valence-electron chi connectivity index (χ1n) is 4.75. The lowest BCUT2D eigenvalue weighted by atomic mass is 10.1. The minimum Gasteiger partial charge on any atom is -0.299 e. The van der Waals surface area contributed by atoms with Crippen molar-refractivity contribution in [3.05, 3.63) is 33.3 Å². The molecule has 0 radical (unpaired) electrons. The summed E-state index contributed by atoms with van der Waals surface area (Å²) in [5, 5.41) is 0. The summed E-state index contributed by atoms with van der Waals surface area (Å²) < 4.78 is 52.3. The molecule has 0 aliphatic carbocycles. The Hall–Kier alpha value is -0.620. The van der Waals surface area contributed by atoms with Crippen LogP contribution in [-0.2, 0) is 6.54 Å². The molecule has 1 aliphatic rings. The lowest BCUT2D eigenvalue weighted by molar-refractivity contribution is 0.166. The van der Waals surface area contributed by atoms with E-state index in [4.69, 9.17) is 0 Å². The van der Waals surface area contributed by atoms with Gasteiger partial charge in [0.25, 0.3) is 0 Å². The molecule has 6 heteroatoms. The number of benzene rings is 1. The molecular weight excluding hydrogens is 290 g/mol. The second-order valence-corrected chi connectivity index (χ2v) is 4.47. The van der Waals surface area contributed by atoms with Gasteiger partial charge in [-0.3, -0.25) is 4.90 Å². The zero-order valence-electron chi connectivity index (χ0n) is 8.17. The average molecular weight is 298 g/mol. The second-order valence-electron chi connectivity index (χ2n) is 3.68. The van der Waals surface area contributed by atoms with Crippen molar-refractivity contribution in [2.75, 3.05) is 13.1 Å². The molecule has 0 spiro atoms. The van der Waals surface area contributed by atoms with Crippen molar-refractivity contribution in [3.63, 3.8) is 0 Å². The number of nitrogens with zero attached hydrogens (tertiary/aromatic N) is 1. The Kier molecular flexibility index (Phi) is 3.21. The molecule has 0 atom stereocenters. The number of hydrogen-bond donors (Lipinski definition) is 0. The molecule has 1 fully saturated rings. The molecule has 2 rings (SSSR count). The fourth-order valence-corrected chi connectivity index (χ4v) is 1.90. The van der Waals surface area contributed by atoms with Gasteiger partial charge in [-0.1, -0.05) is 0 Å². The van der Waals surface area contributed by atoms with Crippen molar-refractivity contribution in [3.8, 4) is 0 Å². The van der Waals surface area contributed by atoms with Gasteiger partial charge >= 0.3 is 0 Å². The molecule has 16 heavy (non-hydrogen) atoms. The van der Waals surface area contributed by atoms with Gasteiger partial charge in [0.2, 0.25) is 0 Å². The fraction of sp³-hybridized carbons (Fsp3) is 0.400. The van der Waals surface area contributed by atoms with Crippen molar-refractivity contribution >= 4 is 15.9 Å². The third-order valence-electron chi connectivity index (χ3n) is 2.63. The smallest absolute Gasteiger partial charge is 0.176 e. The number of likely N-dealkylation sites (tertiary alicyclic amines) is 1. The highest BCUT2D eigenvalue weighted by Gasteiger charge is 2.26. The maximum absolute atomic E-state index is 13.4. The molecule has 0 unspecified atom stereocenters. The summed E-state index contributed by atoms with van der Waals surface area (Å²) in [4.78, 5) is 1.72. The summed E-state index contributed by atoms with van der Waals surface area (Å²) in [6.45, 7) is 1.29. The first kappa shape index (κ1) is 11.9. The molecule has 0 amide bonds. The molecule has 0 bridgehead atoms. The van der Waals surface area contributed by atoms with Gasteiger partial charge in [-0.2, -0.15) is 0 Å². The number of hydrogen-bond acceptors (Lipinski definition) is 1. The van der Waals surface area contributed by atoms with Crippen LogP contribution in [0, 0.1) is 23.3 Å². The van der Waals surface area contributed by atoms with Crippen LogP contribution in [0.15, 0.2) is 4.47 Å². The van der Waals surface area contributed by atoms with Gasteiger partial charge in [-0.05, 0) is 35.4 Å². The van der Waals surface area contributed by atoms with Gasteiger partial charge < -0.3 is 0 Å². The summed E-state index contributed by atoms with van der Waals surface area (Å²) in [5.41, 5.74) is -0.544. The predicted molar refractivity (Wildman–Crippen MR) is 53.9 cm³/mol. The van der Waals surface area contributed by atoms with Crippen LogP contribution in [0.2, 0.25) is 0 Å². The van der Waals surface area contributed by atoms with Crippen molar-refractivity contribution in [1.29, 1.82) is 0 Å². The van der Waals surface area contributed by atoms with Gasteiger partial charge in [0.1, 0.15) is 0 Å². The molecule has 0 saturated carbocycles. The van der Waals surface area contributed by atoms with Crippen LogP contribution in [0.4, 0.5) is 17.6 Å². The quantitative estimate of drug-likeness (QED) is 0.460. The Morgan fingerprint density at radius 3 is 1.81 bits per heavy atom. The second kappa shape index (κ2) is 4.33. The lowest BCUT2D eigenvalue weighted by Crippen LogP contribution is -2.37. The van der Waals surface area contributed by atoms with E-state index in [0.717, 1.165) is 6.42 Å². The highest BCUT2D eigenvalue weighted by atomic mass is 79.9. The van der Waals surface area contributed by atoms with Gasteiger partial charge in [0.05, 0.1) is 4.47 Å². The van der Waals surface area contributed by atoms with E-state index in [1.807, 2.05) is 0 Å². The standard InChI is InChI=1S/C10H8BrF4N/c11-6-9(14)7(12)5(8(13)10(6)15)4-16-2-1-3-16/h1-4H2. The third-order valence-corrected chi connectivity index (χ3v) is 3.33. The normalized spacial score (nSPS) is 16.3. The van der Waals surface area contributed by atoms with E-state index in [2.05, 4.69) is 15.9 Å². The van der Waals surface area contributed by atoms with Crippen LogP contribution in [0.5, 0.6) is 0 Å². The summed E-state index contributed by atoms with van der Waals surface area (Å²) in [7, 11) is 0. The summed E-state index contributed by atoms with van der Waals surface area (Å²) >= 11 is 2.47. The van der Waals surface area contributed by atoms with E-state index < -0.39 is 33.3 Å². The lowest BCUT2D eigenvalue weighted by Gasteiger charge is -2.30. The predicted octanol–water partition coefficient (Wildman–Crippen LogP) is 3.21. The van der Waals surface area contributed by atoms with Crippen molar-refractivity contribution in [2.24, 2.45) is 0 Å². The van der Waals surface area contributed by atoms with Crippen LogP contribution in [0.3, 0.4) is 0 Å². The average Bonchev–Trinajstić information content (AvgIpc) is 2.21. The van der Waals surface area contributed by atoms with Crippen molar-refractivity contribution < 1.29 is 17.6 Å². The topological polar surface area (TPSA) is 3.24 Å². The van der Waals surface area contributed by atoms with E-state index in [9.17, 15) is 17.6 Å². The SMILES string of the molecule is Fc1c(F)c(CN2CCC2)c(F)c(F)c1Br. The molecule has 88 valence electrons. The van der Waals surface area contributed by atoms with Gasteiger partial charge in [0, 0.05) is 12.1 Å². The zero-order valence-corrected chi connectivity index (χ0v) is 9.75. The van der Waals surface area contributed by atoms with Gasteiger partial charge in [0.15, 0.2) is 23.3 Å². The van der Waals surface area contributed by atoms with Crippen LogP contribution < -0.4 is 0 Å². The van der Waals surface area contributed by atoms with Crippen LogP contribution in [0.25, 0.3) is 0 Å². The van der Waals surface area contributed by atoms with E-state index in [-0.39, 0.29) is 6.54 Å². The fourth-order valence-electron chi connectivity index (χ4n) is 1.55. The molecule has 1 aromatic carbocycles. The highest BCUT2D eigenvalue weighted by molar-refractivity contribution is 9.10. The number of halogens is 5. The first-order valence-corrected chi connectivity index (χ1v) is 5.54. The van der Waals surface area contributed by atoms with Crippen LogP contribution in [0.1, 0.15) is 12.0 Å². The van der Waals surface area contributed by atoms with E-state index in [1.165, 1.54) is 0 Å². The largest absolute Gasteiger partial charge is 0.299 e. The minimum absolute atomic E-state index is 0.0984. The Morgan fingerprint density at radius 2 is 1.44 bits per heavy atom. The highest BCUT2D eigenvalue weighted by Crippen LogP contribution is 2.29. The molecule has 1 aromatic rings. The minimum atomic E-state index is -1.38. The van der Waals surface area contributed by atoms with E-state index >= 15 is 0 Å². The molecule has 1 saturated heterocycles. The molecule has 0 aromatic heterocycles. The Bertz CT molecular complexity index is 402. The summed E-state index contributed by atoms with van der Waals surface area (Å²) in [6, 6.07) is 0. The maximum atomic E-state index is 13.4. The molecule has 1 nitrogen and oxygen atoms in total. The molecular formula is C10H8BrF4N. The number of rotatable bonds is 2. The van der Waals surface area contributed by atoms with Gasteiger partial charge in [-0.15, -0.1) is 0 Å². The van der Waals surface area contributed by atoms with E-state index in [0.29, 0.717) is 13.1 Å². The molecule has 1 aliphatic heterocycles. The van der Waals surface area contributed by atoms with E-state index in [1.54, 1.807) is 4.90 Å². The Morgan fingerprint density at radius 1 is 0.938 bits per heavy atom. The monoisotopic (exact) mass is 297 g/mol. The molecule has 1 heterocycles. The Balaban J connectivity index is 2.42. The van der Waals surface area contributed by atoms with Crippen LogP contribution >= 0.6 is 15.9 Å². The van der Waals surface area contributed by atoms with Crippen molar-refractivity contribution in [1.82, 2.24) is 4.90 Å². The molecule has 0 N–H and O–H groups in total. The first-order chi connectivity index (χ1) is 7.52. The summed E-state index contributed by atoms with van der Waals surface area (Å²) in [5.74, 6) is -5.40. The van der Waals surface area contributed by atoms with Gasteiger partial charge in [-0.25, -0.2) is 17.6 Å². The van der Waals surface area contributed by atoms with Crippen molar-refractivity contribution in [2.45, 2.75) is 13.0 Å². The van der Waals surface area contributed by atoms with Crippen LogP contribution in [-0.4, -0.2) is 18.0 Å². The third kappa shape index (κ3) is 1.84.